The molecule has 0 aromatic rings. The monoisotopic (exact) mass is 282 g/mol. The van der Waals surface area contributed by atoms with Crippen LogP contribution in [0.4, 0.5) is 0 Å². The molecule has 0 saturated carbocycles. The maximum Gasteiger partial charge on any atom is 0.211 e. The van der Waals surface area contributed by atoms with Crippen LogP contribution in [0.1, 0.15) is 25.7 Å². The molecule has 17 heavy (non-hydrogen) atoms. The number of sulfonamides is 1. The van der Waals surface area contributed by atoms with Gasteiger partial charge in [0.05, 0.1) is 6.26 Å². The third-order valence-corrected chi connectivity index (χ3v) is 4.66. The highest BCUT2D eigenvalue weighted by molar-refractivity contribution is 7.88. The van der Waals surface area contributed by atoms with Crippen molar-refractivity contribution < 1.29 is 8.42 Å². The summed E-state index contributed by atoms with van der Waals surface area (Å²) in [7, 11) is -3.01. The second-order valence-corrected chi connectivity index (χ2v) is 7.09. The fraction of sp³-hybridized carbons (Fsp3) is 1.00. The molecule has 102 valence electrons. The largest absolute Gasteiger partial charge is 0.316 e. The SMILES string of the molecule is CS(=O)(=O)N1CCCC(CNCCCCCl)C1. The van der Waals surface area contributed by atoms with Crippen LogP contribution in [0.3, 0.4) is 0 Å². The predicted octanol–water partition coefficient (Wildman–Crippen LogP) is 1.27. The zero-order valence-corrected chi connectivity index (χ0v) is 12.1. The molecule has 4 nitrogen and oxygen atoms in total. The fourth-order valence-electron chi connectivity index (χ4n) is 2.15. The van der Waals surface area contributed by atoms with E-state index in [4.69, 9.17) is 11.6 Å². The third kappa shape index (κ3) is 6.04. The number of piperidine rings is 1. The Labute approximate surface area is 110 Å². The lowest BCUT2D eigenvalue weighted by atomic mass is 10.00. The standard InChI is InChI=1S/C11H23ClN2O2S/c1-17(15,16)14-8-4-5-11(10-14)9-13-7-3-2-6-12/h11,13H,2-10H2,1H3. The molecular weight excluding hydrogens is 260 g/mol. The van der Waals surface area contributed by atoms with Gasteiger partial charge in [0, 0.05) is 19.0 Å². The van der Waals surface area contributed by atoms with Gasteiger partial charge >= 0.3 is 0 Å². The molecule has 0 radical (unpaired) electrons. The summed E-state index contributed by atoms with van der Waals surface area (Å²) in [4.78, 5) is 0. The van der Waals surface area contributed by atoms with E-state index in [0.29, 0.717) is 24.9 Å². The van der Waals surface area contributed by atoms with Crippen molar-refractivity contribution in [1.29, 1.82) is 0 Å². The molecule has 0 aromatic heterocycles. The minimum Gasteiger partial charge on any atom is -0.316 e. The van der Waals surface area contributed by atoms with Crippen LogP contribution in [0.15, 0.2) is 0 Å². The highest BCUT2D eigenvalue weighted by Crippen LogP contribution is 2.17. The maximum absolute atomic E-state index is 11.4. The summed E-state index contributed by atoms with van der Waals surface area (Å²) in [5.74, 6) is 1.17. The highest BCUT2D eigenvalue weighted by Gasteiger charge is 2.25. The zero-order valence-electron chi connectivity index (χ0n) is 10.5. The summed E-state index contributed by atoms with van der Waals surface area (Å²) in [6, 6.07) is 0. The Kier molecular flexibility index (Phi) is 6.77. The van der Waals surface area contributed by atoms with Crippen LogP contribution in [0, 0.1) is 5.92 Å². The van der Waals surface area contributed by atoms with E-state index in [1.54, 1.807) is 4.31 Å². The summed E-state index contributed by atoms with van der Waals surface area (Å²) in [5, 5.41) is 3.38. The molecule has 1 atom stereocenters. The van der Waals surface area contributed by atoms with Crippen molar-refractivity contribution in [3.8, 4) is 0 Å². The molecular formula is C11H23ClN2O2S. The predicted molar refractivity (Wildman–Crippen MR) is 72.0 cm³/mol. The van der Waals surface area contributed by atoms with E-state index < -0.39 is 10.0 Å². The summed E-state index contributed by atoms with van der Waals surface area (Å²) in [6.07, 6.45) is 5.51. The van der Waals surface area contributed by atoms with Gasteiger partial charge in [-0.05, 0) is 44.7 Å². The minimum atomic E-state index is -3.01. The molecule has 0 aliphatic carbocycles. The number of hydrogen-bond donors (Lipinski definition) is 1. The summed E-state index contributed by atoms with van der Waals surface area (Å²) in [6.45, 7) is 3.24. The van der Waals surface area contributed by atoms with Crippen LogP contribution in [-0.4, -0.2) is 51.0 Å². The molecule has 1 heterocycles. The number of hydrogen-bond acceptors (Lipinski definition) is 3. The third-order valence-electron chi connectivity index (χ3n) is 3.12. The lowest BCUT2D eigenvalue weighted by Crippen LogP contribution is -2.42. The molecule has 0 aromatic carbocycles. The van der Waals surface area contributed by atoms with E-state index >= 15 is 0 Å². The normalized spacial score (nSPS) is 22.8. The van der Waals surface area contributed by atoms with Crippen LogP contribution in [0.2, 0.25) is 0 Å². The van der Waals surface area contributed by atoms with Crippen molar-refractivity contribution in [2.24, 2.45) is 5.92 Å². The topological polar surface area (TPSA) is 49.4 Å². The van der Waals surface area contributed by atoms with E-state index in [1.807, 2.05) is 0 Å². The number of alkyl halides is 1. The first-order valence-corrected chi connectivity index (χ1v) is 8.64. The van der Waals surface area contributed by atoms with Crippen molar-refractivity contribution in [1.82, 2.24) is 9.62 Å². The molecule has 0 amide bonds. The molecule has 1 N–H and O–H groups in total. The summed E-state index contributed by atoms with van der Waals surface area (Å²) >= 11 is 5.60. The first-order valence-electron chi connectivity index (χ1n) is 6.26. The Hall–Kier alpha value is 0.160. The Balaban J connectivity index is 2.21. The number of halogens is 1. The average molecular weight is 283 g/mol. The van der Waals surface area contributed by atoms with Gasteiger partial charge in [0.2, 0.25) is 10.0 Å². The quantitative estimate of drug-likeness (QED) is 0.565. The van der Waals surface area contributed by atoms with Gasteiger partial charge in [0.1, 0.15) is 0 Å². The van der Waals surface area contributed by atoms with E-state index in [9.17, 15) is 8.42 Å². The van der Waals surface area contributed by atoms with Crippen molar-refractivity contribution in [3.63, 3.8) is 0 Å². The summed E-state index contributed by atoms with van der Waals surface area (Å²) in [5.41, 5.74) is 0. The Bertz CT molecular complexity index is 309. The van der Waals surface area contributed by atoms with Crippen molar-refractivity contribution >= 4 is 21.6 Å². The molecule has 1 fully saturated rings. The minimum absolute atomic E-state index is 0.453. The number of rotatable bonds is 7. The van der Waals surface area contributed by atoms with Gasteiger partial charge in [0.25, 0.3) is 0 Å². The van der Waals surface area contributed by atoms with Gasteiger partial charge in [-0.15, -0.1) is 11.6 Å². The smallest absolute Gasteiger partial charge is 0.211 e. The van der Waals surface area contributed by atoms with Crippen molar-refractivity contribution in [3.05, 3.63) is 0 Å². The van der Waals surface area contributed by atoms with Crippen molar-refractivity contribution in [2.45, 2.75) is 25.7 Å². The fourth-order valence-corrected chi connectivity index (χ4v) is 3.28. The van der Waals surface area contributed by atoms with Crippen molar-refractivity contribution in [2.75, 3.05) is 38.3 Å². The second-order valence-electron chi connectivity index (χ2n) is 4.73. The van der Waals surface area contributed by atoms with E-state index in [0.717, 1.165) is 38.8 Å². The Morgan fingerprint density at radius 3 is 2.82 bits per heavy atom. The average Bonchev–Trinajstić information content (AvgIpc) is 2.28. The van der Waals surface area contributed by atoms with Crippen LogP contribution in [0.25, 0.3) is 0 Å². The lowest BCUT2D eigenvalue weighted by Gasteiger charge is -2.31. The Morgan fingerprint density at radius 1 is 1.41 bits per heavy atom. The van der Waals surface area contributed by atoms with Gasteiger partial charge in [0.15, 0.2) is 0 Å². The van der Waals surface area contributed by atoms with E-state index in [2.05, 4.69) is 5.32 Å². The van der Waals surface area contributed by atoms with Gasteiger partial charge in [-0.1, -0.05) is 0 Å². The maximum atomic E-state index is 11.4. The summed E-state index contributed by atoms with van der Waals surface area (Å²) < 4.78 is 24.5. The zero-order chi connectivity index (χ0) is 12.7. The van der Waals surface area contributed by atoms with Gasteiger partial charge in [-0.2, -0.15) is 0 Å². The van der Waals surface area contributed by atoms with Crippen LogP contribution in [0.5, 0.6) is 0 Å². The van der Waals surface area contributed by atoms with E-state index in [-0.39, 0.29) is 0 Å². The molecule has 1 aliphatic rings. The van der Waals surface area contributed by atoms with Gasteiger partial charge < -0.3 is 5.32 Å². The molecule has 1 saturated heterocycles. The van der Waals surface area contributed by atoms with Crippen LogP contribution in [-0.2, 0) is 10.0 Å². The molecule has 1 unspecified atom stereocenters. The van der Waals surface area contributed by atoms with E-state index in [1.165, 1.54) is 6.26 Å². The van der Waals surface area contributed by atoms with Crippen LogP contribution >= 0.6 is 11.6 Å². The van der Waals surface area contributed by atoms with Gasteiger partial charge in [-0.25, -0.2) is 12.7 Å². The lowest BCUT2D eigenvalue weighted by molar-refractivity contribution is 0.261. The molecule has 0 spiro atoms. The molecule has 1 rings (SSSR count). The van der Waals surface area contributed by atoms with Crippen LogP contribution < -0.4 is 5.32 Å². The van der Waals surface area contributed by atoms with Gasteiger partial charge in [-0.3, -0.25) is 0 Å². The molecule has 1 aliphatic heterocycles. The highest BCUT2D eigenvalue weighted by atomic mass is 35.5. The first-order chi connectivity index (χ1) is 8.04. The number of unbranched alkanes of at least 4 members (excludes halogenated alkanes) is 1. The molecule has 0 bridgehead atoms. The Morgan fingerprint density at radius 2 is 2.18 bits per heavy atom. The molecule has 6 heteroatoms. The number of nitrogens with zero attached hydrogens (tertiary/aromatic N) is 1. The number of nitrogens with one attached hydrogen (secondary N) is 1. The second kappa shape index (κ2) is 7.56. The first kappa shape index (κ1) is 15.2.